The highest BCUT2D eigenvalue weighted by Gasteiger charge is 2.24. The Balaban J connectivity index is 1.51. The van der Waals surface area contributed by atoms with Crippen molar-refractivity contribution in [2.45, 2.75) is 51.5 Å². The summed E-state index contributed by atoms with van der Waals surface area (Å²) < 4.78 is 5.64. The normalized spacial score (nSPS) is 16.3. The molecule has 3 rings (SSSR count). The van der Waals surface area contributed by atoms with Gasteiger partial charge in [-0.1, -0.05) is 42.7 Å². The highest BCUT2D eigenvalue weighted by atomic mass is 16.3. The van der Waals surface area contributed by atoms with E-state index in [1.165, 1.54) is 25.7 Å². The number of likely N-dealkylation sites (tertiary alicyclic amines) is 1. The maximum absolute atomic E-state index is 12.3. The van der Waals surface area contributed by atoms with Gasteiger partial charge in [-0.2, -0.15) is 0 Å². The van der Waals surface area contributed by atoms with Crippen molar-refractivity contribution in [1.29, 1.82) is 0 Å². The van der Waals surface area contributed by atoms with Gasteiger partial charge in [0.1, 0.15) is 5.76 Å². The summed E-state index contributed by atoms with van der Waals surface area (Å²) in [6.07, 6.45) is 6.99. The largest absolute Gasteiger partial charge is 0.468 e. The van der Waals surface area contributed by atoms with E-state index in [1.807, 2.05) is 43.3 Å². The SMILES string of the molecule is Cc1ccc(C(=O)CCC(=O)NCC(c2ccco2)N2CCCCCC2)cc1. The van der Waals surface area contributed by atoms with E-state index in [9.17, 15) is 9.59 Å². The standard InChI is InChI=1S/C23H30N2O3/c1-18-8-10-19(11-9-18)21(26)12-13-23(27)24-17-20(22-7-6-16-28-22)25-14-4-2-3-5-15-25/h6-11,16,20H,2-5,12-15,17H2,1H3,(H,24,27). The van der Waals surface area contributed by atoms with Crippen LogP contribution >= 0.6 is 0 Å². The number of nitrogens with zero attached hydrogens (tertiary/aromatic N) is 1. The lowest BCUT2D eigenvalue weighted by atomic mass is 10.0. The Labute approximate surface area is 167 Å². The number of nitrogens with one attached hydrogen (secondary N) is 1. The summed E-state index contributed by atoms with van der Waals surface area (Å²) in [6, 6.07) is 11.4. The van der Waals surface area contributed by atoms with Gasteiger partial charge >= 0.3 is 0 Å². The average molecular weight is 383 g/mol. The van der Waals surface area contributed by atoms with Crippen molar-refractivity contribution in [3.05, 3.63) is 59.5 Å². The molecule has 1 aliphatic heterocycles. The van der Waals surface area contributed by atoms with E-state index in [1.54, 1.807) is 6.26 Å². The quantitative estimate of drug-likeness (QED) is 0.692. The molecule has 1 N–H and O–H groups in total. The highest BCUT2D eigenvalue weighted by molar-refractivity contribution is 5.97. The van der Waals surface area contributed by atoms with Crippen LogP contribution in [-0.4, -0.2) is 36.2 Å². The molecule has 5 nitrogen and oxygen atoms in total. The number of hydrogen-bond donors (Lipinski definition) is 1. The number of ketones is 1. The van der Waals surface area contributed by atoms with Gasteiger partial charge in [0.2, 0.25) is 5.91 Å². The van der Waals surface area contributed by atoms with Crippen LogP contribution in [0, 0.1) is 6.92 Å². The van der Waals surface area contributed by atoms with Gasteiger partial charge < -0.3 is 9.73 Å². The molecular weight excluding hydrogens is 352 g/mol. The maximum Gasteiger partial charge on any atom is 0.220 e. The fourth-order valence-electron chi connectivity index (χ4n) is 3.71. The zero-order chi connectivity index (χ0) is 19.8. The summed E-state index contributed by atoms with van der Waals surface area (Å²) in [5.41, 5.74) is 1.78. The summed E-state index contributed by atoms with van der Waals surface area (Å²) in [6.45, 7) is 4.53. The minimum absolute atomic E-state index is 0.00486. The highest BCUT2D eigenvalue weighted by Crippen LogP contribution is 2.24. The molecule has 2 aromatic rings. The number of carbonyl (C=O) groups excluding carboxylic acids is 2. The zero-order valence-corrected chi connectivity index (χ0v) is 16.7. The van der Waals surface area contributed by atoms with Crippen molar-refractivity contribution in [3.63, 3.8) is 0 Å². The third-order valence-corrected chi connectivity index (χ3v) is 5.40. The fourth-order valence-corrected chi connectivity index (χ4v) is 3.71. The van der Waals surface area contributed by atoms with Gasteiger partial charge in [0.25, 0.3) is 0 Å². The third kappa shape index (κ3) is 5.80. The molecule has 1 saturated heterocycles. The van der Waals surface area contributed by atoms with E-state index >= 15 is 0 Å². The van der Waals surface area contributed by atoms with Crippen LogP contribution in [0.15, 0.2) is 47.1 Å². The molecule has 0 aliphatic carbocycles. The van der Waals surface area contributed by atoms with E-state index in [0.29, 0.717) is 12.1 Å². The van der Waals surface area contributed by atoms with Gasteiger partial charge in [-0.25, -0.2) is 0 Å². The monoisotopic (exact) mass is 382 g/mol. The first-order chi connectivity index (χ1) is 13.6. The van der Waals surface area contributed by atoms with E-state index in [2.05, 4.69) is 10.2 Å². The lowest BCUT2D eigenvalue weighted by molar-refractivity contribution is -0.121. The van der Waals surface area contributed by atoms with Gasteiger partial charge in [0.15, 0.2) is 5.78 Å². The van der Waals surface area contributed by atoms with Crippen molar-refractivity contribution < 1.29 is 14.0 Å². The summed E-state index contributed by atoms with van der Waals surface area (Å²) in [5, 5.41) is 3.01. The second-order valence-corrected chi connectivity index (χ2v) is 7.57. The molecule has 1 atom stereocenters. The fraction of sp³-hybridized carbons (Fsp3) is 0.478. The van der Waals surface area contributed by atoms with Crippen LogP contribution in [0.1, 0.15) is 66.2 Å². The van der Waals surface area contributed by atoms with Crippen LogP contribution in [0.25, 0.3) is 0 Å². The molecular formula is C23H30N2O3. The predicted octanol–water partition coefficient (Wildman–Crippen LogP) is 4.28. The number of hydrogen-bond acceptors (Lipinski definition) is 4. The zero-order valence-electron chi connectivity index (χ0n) is 16.7. The Hall–Kier alpha value is -2.40. The Morgan fingerprint density at radius 1 is 1.04 bits per heavy atom. The average Bonchev–Trinajstić information content (AvgIpc) is 3.09. The van der Waals surface area contributed by atoms with Gasteiger partial charge in [-0.05, 0) is 45.0 Å². The van der Waals surface area contributed by atoms with E-state index < -0.39 is 0 Å². The minimum atomic E-state index is -0.0909. The van der Waals surface area contributed by atoms with E-state index in [-0.39, 0.29) is 30.6 Å². The van der Waals surface area contributed by atoms with Crippen LogP contribution < -0.4 is 5.32 Å². The molecule has 2 heterocycles. The van der Waals surface area contributed by atoms with Gasteiger partial charge in [-0.15, -0.1) is 0 Å². The van der Waals surface area contributed by atoms with Crippen LogP contribution in [0.5, 0.6) is 0 Å². The van der Waals surface area contributed by atoms with E-state index in [0.717, 1.165) is 24.4 Å². The second-order valence-electron chi connectivity index (χ2n) is 7.57. The van der Waals surface area contributed by atoms with Crippen molar-refractivity contribution in [2.75, 3.05) is 19.6 Å². The number of rotatable bonds is 8. The number of amides is 1. The number of Topliss-reactive ketones (excluding diaryl/α,β-unsaturated/α-hetero) is 1. The smallest absolute Gasteiger partial charge is 0.220 e. The molecule has 1 amide bonds. The molecule has 1 aromatic carbocycles. The summed E-state index contributed by atoms with van der Waals surface area (Å²) >= 11 is 0. The molecule has 0 spiro atoms. The number of furan rings is 1. The molecule has 1 aromatic heterocycles. The van der Waals surface area contributed by atoms with Crippen molar-refractivity contribution in [2.24, 2.45) is 0 Å². The Kier molecular flexibility index (Phi) is 7.43. The first-order valence-electron chi connectivity index (χ1n) is 10.3. The van der Waals surface area contributed by atoms with Crippen molar-refractivity contribution >= 4 is 11.7 Å². The molecule has 1 fully saturated rings. The van der Waals surface area contributed by atoms with Crippen molar-refractivity contribution in [1.82, 2.24) is 10.2 Å². The van der Waals surface area contributed by atoms with Crippen LogP contribution in [0.4, 0.5) is 0 Å². The van der Waals surface area contributed by atoms with Gasteiger partial charge in [0, 0.05) is 24.9 Å². The predicted molar refractivity (Wildman–Crippen MR) is 109 cm³/mol. The van der Waals surface area contributed by atoms with Crippen LogP contribution in [0.3, 0.4) is 0 Å². The molecule has 0 saturated carbocycles. The Bertz CT molecular complexity index is 745. The summed E-state index contributed by atoms with van der Waals surface area (Å²) in [7, 11) is 0. The van der Waals surface area contributed by atoms with Gasteiger partial charge in [0.05, 0.1) is 12.3 Å². The topological polar surface area (TPSA) is 62.6 Å². The molecule has 0 radical (unpaired) electrons. The molecule has 28 heavy (non-hydrogen) atoms. The lowest BCUT2D eigenvalue weighted by Gasteiger charge is -2.29. The number of benzene rings is 1. The lowest BCUT2D eigenvalue weighted by Crippen LogP contribution is -2.38. The molecule has 150 valence electrons. The molecule has 1 unspecified atom stereocenters. The molecule has 1 aliphatic rings. The summed E-state index contributed by atoms with van der Waals surface area (Å²) in [5.74, 6) is 0.801. The van der Waals surface area contributed by atoms with Crippen LogP contribution in [0.2, 0.25) is 0 Å². The van der Waals surface area contributed by atoms with Crippen LogP contribution in [-0.2, 0) is 4.79 Å². The first-order valence-corrected chi connectivity index (χ1v) is 10.3. The van der Waals surface area contributed by atoms with Crippen molar-refractivity contribution in [3.8, 4) is 0 Å². The Morgan fingerprint density at radius 2 is 1.75 bits per heavy atom. The second kappa shape index (κ2) is 10.2. The minimum Gasteiger partial charge on any atom is -0.468 e. The Morgan fingerprint density at radius 3 is 2.39 bits per heavy atom. The third-order valence-electron chi connectivity index (χ3n) is 5.40. The summed E-state index contributed by atoms with van der Waals surface area (Å²) in [4.78, 5) is 27.0. The maximum atomic E-state index is 12.3. The molecule has 0 bridgehead atoms. The number of carbonyl (C=O) groups is 2. The van der Waals surface area contributed by atoms with Gasteiger partial charge in [-0.3, -0.25) is 14.5 Å². The first kappa shape index (κ1) is 20.3. The number of aryl methyl sites for hydroxylation is 1. The van der Waals surface area contributed by atoms with E-state index in [4.69, 9.17) is 4.42 Å². The molecule has 5 heteroatoms.